The molecule has 2 aromatic heterocycles. The van der Waals surface area contributed by atoms with Gasteiger partial charge in [0.05, 0.1) is 14.2 Å². The van der Waals surface area contributed by atoms with Crippen molar-refractivity contribution >= 4 is 5.91 Å². The van der Waals surface area contributed by atoms with Gasteiger partial charge in [-0.2, -0.15) is 0 Å². The summed E-state index contributed by atoms with van der Waals surface area (Å²) in [6, 6.07) is 9.03. The molecule has 0 fully saturated rings. The number of carbonyl (C=O) groups is 1. The molecule has 26 heavy (non-hydrogen) atoms. The fourth-order valence-corrected chi connectivity index (χ4v) is 2.43. The third kappa shape index (κ3) is 3.97. The Morgan fingerprint density at radius 3 is 2.62 bits per heavy atom. The zero-order valence-electron chi connectivity index (χ0n) is 14.5. The molecule has 8 heteroatoms. The van der Waals surface area contributed by atoms with Crippen molar-refractivity contribution in [1.29, 1.82) is 0 Å². The van der Waals surface area contributed by atoms with Crippen LogP contribution < -0.4 is 14.8 Å². The van der Waals surface area contributed by atoms with Crippen molar-refractivity contribution in [3.8, 4) is 17.3 Å². The number of amides is 1. The van der Waals surface area contributed by atoms with Crippen molar-refractivity contribution in [3.63, 3.8) is 0 Å². The molecule has 1 amide bonds. The Bertz CT molecular complexity index is 863. The Morgan fingerprint density at radius 2 is 1.96 bits per heavy atom. The highest BCUT2D eigenvalue weighted by Gasteiger charge is 2.09. The van der Waals surface area contributed by atoms with E-state index in [1.807, 2.05) is 18.2 Å². The van der Waals surface area contributed by atoms with E-state index in [1.165, 1.54) is 0 Å². The molecule has 0 unspecified atom stereocenters. The molecule has 134 valence electrons. The van der Waals surface area contributed by atoms with Gasteiger partial charge in [0, 0.05) is 18.9 Å². The van der Waals surface area contributed by atoms with Gasteiger partial charge in [0.15, 0.2) is 23.0 Å². The van der Waals surface area contributed by atoms with Gasteiger partial charge in [-0.1, -0.05) is 6.07 Å². The molecular weight excluding hydrogens is 334 g/mol. The monoisotopic (exact) mass is 353 g/mol. The topological polar surface area (TPSA) is 91.2 Å². The lowest BCUT2D eigenvalue weighted by Gasteiger charge is -2.10. The fraction of sp³-hybridized carbons (Fsp3) is 0.222. The summed E-state index contributed by atoms with van der Waals surface area (Å²) in [5.74, 6) is 1.67. The number of nitrogens with zero attached hydrogens (tertiary/aromatic N) is 4. The first kappa shape index (κ1) is 17.4. The van der Waals surface area contributed by atoms with Gasteiger partial charge in [-0.15, -0.1) is 10.2 Å². The summed E-state index contributed by atoms with van der Waals surface area (Å²) in [4.78, 5) is 16.1. The maximum Gasteiger partial charge on any atom is 0.271 e. The number of imidazole rings is 1. The highest BCUT2D eigenvalue weighted by atomic mass is 16.5. The molecule has 0 aliphatic heterocycles. The summed E-state index contributed by atoms with van der Waals surface area (Å²) in [5.41, 5.74) is 1.30. The van der Waals surface area contributed by atoms with Crippen molar-refractivity contribution in [2.24, 2.45) is 0 Å². The second kappa shape index (κ2) is 8.11. The van der Waals surface area contributed by atoms with Crippen molar-refractivity contribution in [3.05, 3.63) is 60.3 Å². The molecule has 2 heterocycles. The van der Waals surface area contributed by atoms with Crippen molar-refractivity contribution in [1.82, 2.24) is 25.1 Å². The van der Waals surface area contributed by atoms with Gasteiger partial charge in [-0.05, 0) is 36.2 Å². The number of aromatic nitrogens is 4. The molecule has 8 nitrogen and oxygen atoms in total. The molecule has 3 rings (SSSR count). The van der Waals surface area contributed by atoms with E-state index in [0.29, 0.717) is 30.3 Å². The Hall–Kier alpha value is -3.42. The SMILES string of the molecule is COc1ccc(CCNC(=O)c2ccc(-n3ccnc3)nn2)cc1OC. The number of hydrogen-bond acceptors (Lipinski definition) is 6. The lowest BCUT2D eigenvalue weighted by Crippen LogP contribution is -2.26. The number of benzene rings is 1. The van der Waals surface area contributed by atoms with E-state index in [2.05, 4.69) is 20.5 Å². The molecule has 0 radical (unpaired) electrons. The average molecular weight is 353 g/mol. The summed E-state index contributed by atoms with van der Waals surface area (Å²) in [6.45, 7) is 0.471. The van der Waals surface area contributed by atoms with Crippen LogP contribution in [0.5, 0.6) is 11.5 Å². The van der Waals surface area contributed by atoms with Crippen LogP contribution in [0.3, 0.4) is 0 Å². The normalized spacial score (nSPS) is 10.4. The quantitative estimate of drug-likeness (QED) is 0.694. The van der Waals surface area contributed by atoms with Gasteiger partial charge in [-0.3, -0.25) is 9.36 Å². The molecule has 0 aliphatic rings. The molecule has 1 aromatic carbocycles. The standard InChI is InChI=1S/C18H19N5O3/c1-25-15-5-3-13(11-16(15)26-2)7-8-20-18(24)14-4-6-17(22-21-14)23-10-9-19-12-23/h3-6,9-12H,7-8H2,1-2H3,(H,20,24). The van der Waals surface area contributed by atoms with Crippen LogP contribution in [0.15, 0.2) is 49.1 Å². The molecule has 0 aliphatic carbocycles. The second-order valence-corrected chi connectivity index (χ2v) is 5.44. The average Bonchev–Trinajstić information content (AvgIpc) is 3.22. The van der Waals surface area contributed by atoms with Crippen LogP contribution in [-0.2, 0) is 6.42 Å². The van der Waals surface area contributed by atoms with Crippen LogP contribution in [0, 0.1) is 0 Å². The van der Waals surface area contributed by atoms with Crippen molar-refractivity contribution < 1.29 is 14.3 Å². The van der Waals surface area contributed by atoms with E-state index in [-0.39, 0.29) is 11.6 Å². The third-order valence-electron chi connectivity index (χ3n) is 3.80. The first-order chi connectivity index (χ1) is 12.7. The number of carbonyl (C=O) groups excluding carboxylic acids is 1. The highest BCUT2D eigenvalue weighted by molar-refractivity contribution is 5.92. The summed E-state index contributed by atoms with van der Waals surface area (Å²) >= 11 is 0. The lowest BCUT2D eigenvalue weighted by atomic mass is 10.1. The summed E-state index contributed by atoms with van der Waals surface area (Å²) in [5, 5.41) is 10.8. The summed E-state index contributed by atoms with van der Waals surface area (Å²) in [7, 11) is 3.19. The lowest BCUT2D eigenvalue weighted by molar-refractivity contribution is 0.0948. The minimum absolute atomic E-state index is 0.265. The Morgan fingerprint density at radius 1 is 1.12 bits per heavy atom. The smallest absolute Gasteiger partial charge is 0.271 e. The van der Waals surface area contributed by atoms with Crippen LogP contribution >= 0.6 is 0 Å². The van der Waals surface area contributed by atoms with Gasteiger partial charge in [-0.25, -0.2) is 4.98 Å². The van der Waals surface area contributed by atoms with E-state index < -0.39 is 0 Å². The summed E-state index contributed by atoms with van der Waals surface area (Å²) in [6.07, 6.45) is 5.68. The van der Waals surface area contributed by atoms with Crippen LogP contribution in [0.2, 0.25) is 0 Å². The number of rotatable bonds is 7. The molecule has 0 saturated heterocycles. The van der Waals surface area contributed by atoms with Gasteiger partial charge in [0.2, 0.25) is 0 Å². The number of methoxy groups -OCH3 is 2. The summed E-state index contributed by atoms with van der Waals surface area (Å²) < 4.78 is 12.2. The second-order valence-electron chi connectivity index (χ2n) is 5.44. The van der Waals surface area contributed by atoms with E-state index in [9.17, 15) is 4.79 Å². The van der Waals surface area contributed by atoms with Gasteiger partial charge >= 0.3 is 0 Å². The predicted octanol–water partition coefficient (Wildman–Crippen LogP) is 1.65. The van der Waals surface area contributed by atoms with E-state index >= 15 is 0 Å². The number of hydrogen-bond donors (Lipinski definition) is 1. The molecule has 0 atom stereocenters. The highest BCUT2D eigenvalue weighted by Crippen LogP contribution is 2.27. The Labute approximate surface area is 150 Å². The van der Waals surface area contributed by atoms with Crippen molar-refractivity contribution in [2.45, 2.75) is 6.42 Å². The Balaban J connectivity index is 1.56. The maximum atomic E-state index is 12.2. The predicted molar refractivity (Wildman–Crippen MR) is 94.7 cm³/mol. The largest absolute Gasteiger partial charge is 0.493 e. The molecular formula is C18H19N5O3. The van der Waals surface area contributed by atoms with Crippen LogP contribution in [0.1, 0.15) is 16.1 Å². The number of ether oxygens (including phenoxy) is 2. The van der Waals surface area contributed by atoms with Crippen molar-refractivity contribution in [2.75, 3.05) is 20.8 Å². The molecule has 1 N–H and O–H groups in total. The third-order valence-corrected chi connectivity index (χ3v) is 3.80. The minimum atomic E-state index is -0.268. The first-order valence-corrected chi connectivity index (χ1v) is 8.02. The van der Waals surface area contributed by atoms with Crippen LogP contribution in [0.25, 0.3) is 5.82 Å². The maximum absolute atomic E-state index is 12.2. The van der Waals surface area contributed by atoms with E-state index in [0.717, 1.165) is 5.56 Å². The van der Waals surface area contributed by atoms with Gasteiger partial charge in [0.25, 0.3) is 5.91 Å². The van der Waals surface area contributed by atoms with Crippen LogP contribution in [-0.4, -0.2) is 46.4 Å². The minimum Gasteiger partial charge on any atom is -0.493 e. The van der Waals surface area contributed by atoms with Gasteiger partial charge < -0.3 is 14.8 Å². The zero-order chi connectivity index (χ0) is 18.4. The van der Waals surface area contributed by atoms with Crippen LogP contribution in [0.4, 0.5) is 0 Å². The first-order valence-electron chi connectivity index (χ1n) is 8.02. The van der Waals surface area contributed by atoms with Gasteiger partial charge in [0.1, 0.15) is 6.33 Å². The van der Waals surface area contributed by atoms with E-state index in [4.69, 9.17) is 9.47 Å². The fourth-order valence-electron chi connectivity index (χ4n) is 2.43. The number of nitrogens with one attached hydrogen (secondary N) is 1. The zero-order valence-corrected chi connectivity index (χ0v) is 14.5. The van der Waals surface area contributed by atoms with E-state index in [1.54, 1.807) is 49.6 Å². The molecule has 0 saturated carbocycles. The molecule has 0 spiro atoms. The molecule has 0 bridgehead atoms. The molecule has 3 aromatic rings. The Kier molecular flexibility index (Phi) is 5.43.